The molecule has 21 heavy (non-hydrogen) atoms. The van der Waals surface area contributed by atoms with Crippen LogP contribution in [-0.4, -0.2) is 18.6 Å². The van der Waals surface area contributed by atoms with Crippen LogP contribution in [0.25, 0.3) is 0 Å². The Hall–Kier alpha value is -1.09. The molecule has 0 aromatic heterocycles. The molecule has 1 aliphatic carbocycles. The van der Waals surface area contributed by atoms with Crippen molar-refractivity contribution < 1.29 is 4.39 Å². The first-order valence-corrected chi connectivity index (χ1v) is 8.41. The van der Waals surface area contributed by atoms with E-state index in [1.165, 1.54) is 32.1 Å². The maximum Gasteiger partial charge on any atom is 0.146 e. The quantitative estimate of drug-likeness (QED) is 0.831. The molecule has 0 heterocycles. The second-order valence-corrected chi connectivity index (χ2v) is 6.36. The van der Waals surface area contributed by atoms with Crippen molar-refractivity contribution in [2.45, 2.75) is 71.5 Å². The van der Waals surface area contributed by atoms with Crippen molar-refractivity contribution in [3.8, 4) is 0 Å². The Bertz CT molecular complexity index is 439. The Balaban J connectivity index is 2.25. The number of nitrogens with zero attached hydrogens (tertiary/aromatic N) is 1. The number of hydrogen-bond donors (Lipinski definition) is 1. The molecule has 0 bridgehead atoms. The minimum atomic E-state index is -0.0783. The van der Waals surface area contributed by atoms with Crippen LogP contribution in [0.2, 0.25) is 0 Å². The number of anilines is 1. The van der Waals surface area contributed by atoms with E-state index in [1.807, 2.05) is 6.07 Å². The zero-order chi connectivity index (χ0) is 15.2. The summed E-state index contributed by atoms with van der Waals surface area (Å²) in [6.07, 6.45) is 6.26. The fraction of sp³-hybridized carbons (Fsp3) is 0.667. The lowest BCUT2D eigenvalue weighted by Gasteiger charge is -2.37. The number of rotatable bonds is 6. The molecule has 1 saturated carbocycles. The zero-order valence-electron chi connectivity index (χ0n) is 13.7. The van der Waals surface area contributed by atoms with Crippen molar-refractivity contribution in [3.05, 3.63) is 29.6 Å². The molecular formula is C18H29FN2. The number of nitrogens with one attached hydrogen (secondary N) is 1. The molecule has 0 aliphatic heterocycles. The van der Waals surface area contributed by atoms with Crippen LogP contribution in [0.1, 0.15) is 58.4 Å². The van der Waals surface area contributed by atoms with Gasteiger partial charge in [0.05, 0.1) is 5.69 Å². The molecule has 0 atom stereocenters. The van der Waals surface area contributed by atoms with Gasteiger partial charge in [0, 0.05) is 25.2 Å². The second-order valence-electron chi connectivity index (χ2n) is 6.36. The van der Waals surface area contributed by atoms with Crippen molar-refractivity contribution in [3.63, 3.8) is 0 Å². The highest BCUT2D eigenvalue weighted by molar-refractivity contribution is 5.55. The van der Waals surface area contributed by atoms with Gasteiger partial charge in [-0.2, -0.15) is 0 Å². The third-order valence-electron chi connectivity index (χ3n) is 4.41. The molecule has 118 valence electrons. The van der Waals surface area contributed by atoms with Crippen molar-refractivity contribution in [2.75, 3.05) is 11.4 Å². The summed E-state index contributed by atoms with van der Waals surface area (Å²) in [5.41, 5.74) is 1.90. The number of halogens is 1. The lowest BCUT2D eigenvalue weighted by molar-refractivity contribution is 0.413. The second kappa shape index (κ2) is 7.79. The van der Waals surface area contributed by atoms with Gasteiger partial charge in [-0.15, -0.1) is 0 Å². The molecule has 0 saturated heterocycles. The Kier molecular flexibility index (Phi) is 6.04. The van der Waals surface area contributed by atoms with Crippen LogP contribution in [-0.2, 0) is 6.54 Å². The van der Waals surface area contributed by atoms with Crippen LogP contribution >= 0.6 is 0 Å². The van der Waals surface area contributed by atoms with E-state index < -0.39 is 0 Å². The van der Waals surface area contributed by atoms with Gasteiger partial charge in [-0.3, -0.25) is 0 Å². The molecule has 1 aromatic carbocycles. The number of para-hydroxylation sites is 1. The van der Waals surface area contributed by atoms with Gasteiger partial charge in [0.15, 0.2) is 0 Å². The van der Waals surface area contributed by atoms with Gasteiger partial charge in [-0.25, -0.2) is 4.39 Å². The summed E-state index contributed by atoms with van der Waals surface area (Å²) in [7, 11) is 0. The van der Waals surface area contributed by atoms with Gasteiger partial charge in [-0.1, -0.05) is 45.2 Å². The van der Waals surface area contributed by atoms with Crippen molar-refractivity contribution in [1.29, 1.82) is 0 Å². The van der Waals surface area contributed by atoms with Crippen LogP contribution in [0.4, 0.5) is 10.1 Å². The van der Waals surface area contributed by atoms with Gasteiger partial charge in [-0.05, 0) is 31.4 Å². The van der Waals surface area contributed by atoms with E-state index in [0.29, 0.717) is 12.1 Å². The maximum atomic E-state index is 14.5. The normalized spacial score (nSPS) is 16.4. The molecule has 0 amide bonds. The predicted octanol–water partition coefficient (Wildman–Crippen LogP) is 4.48. The fourth-order valence-corrected chi connectivity index (χ4v) is 3.33. The Morgan fingerprint density at radius 2 is 1.95 bits per heavy atom. The summed E-state index contributed by atoms with van der Waals surface area (Å²) < 4.78 is 14.5. The van der Waals surface area contributed by atoms with E-state index in [2.05, 4.69) is 37.1 Å². The summed E-state index contributed by atoms with van der Waals surface area (Å²) in [4.78, 5) is 2.30. The average molecular weight is 292 g/mol. The van der Waals surface area contributed by atoms with Crippen LogP contribution in [0, 0.1) is 5.82 Å². The first kappa shape index (κ1) is 16.3. The lowest BCUT2D eigenvalue weighted by Crippen LogP contribution is -2.38. The minimum absolute atomic E-state index is 0.0783. The first-order valence-electron chi connectivity index (χ1n) is 8.41. The summed E-state index contributed by atoms with van der Waals surface area (Å²) >= 11 is 0. The molecule has 2 rings (SSSR count). The van der Waals surface area contributed by atoms with Gasteiger partial charge in [0.25, 0.3) is 0 Å². The summed E-state index contributed by atoms with van der Waals surface area (Å²) in [5, 5.41) is 3.42. The molecule has 0 radical (unpaired) electrons. The monoisotopic (exact) mass is 292 g/mol. The van der Waals surface area contributed by atoms with Gasteiger partial charge in [0.1, 0.15) is 5.82 Å². The fourth-order valence-electron chi connectivity index (χ4n) is 3.33. The molecular weight excluding hydrogens is 263 g/mol. The molecule has 2 nitrogen and oxygen atoms in total. The van der Waals surface area contributed by atoms with Crippen molar-refractivity contribution in [2.24, 2.45) is 0 Å². The van der Waals surface area contributed by atoms with Crippen LogP contribution in [0.3, 0.4) is 0 Å². The zero-order valence-corrected chi connectivity index (χ0v) is 13.7. The Morgan fingerprint density at radius 3 is 2.57 bits per heavy atom. The van der Waals surface area contributed by atoms with E-state index in [4.69, 9.17) is 0 Å². The largest absolute Gasteiger partial charge is 0.366 e. The Labute approximate surface area is 128 Å². The first-order chi connectivity index (χ1) is 10.1. The van der Waals surface area contributed by atoms with Crippen LogP contribution < -0.4 is 10.2 Å². The Morgan fingerprint density at radius 1 is 1.24 bits per heavy atom. The highest BCUT2D eigenvalue weighted by atomic mass is 19.1. The van der Waals surface area contributed by atoms with E-state index in [-0.39, 0.29) is 5.82 Å². The summed E-state index contributed by atoms with van der Waals surface area (Å²) in [6, 6.07) is 6.38. The minimum Gasteiger partial charge on any atom is -0.366 e. The molecule has 1 fully saturated rings. The molecule has 1 N–H and O–H groups in total. The third-order valence-corrected chi connectivity index (χ3v) is 4.41. The maximum absolute atomic E-state index is 14.5. The summed E-state index contributed by atoms with van der Waals surface area (Å²) in [6.45, 7) is 7.99. The van der Waals surface area contributed by atoms with Crippen LogP contribution in [0.5, 0.6) is 0 Å². The highest BCUT2D eigenvalue weighted by Gasteiger charge is 2.24. The summed E-state index contributed by atoms with van der Waals surface area (Å²) in [5.74, 6) is -0.0783. The molecule has 1 aromatic rings. The van der Waals surface area contributed by atoms with Gasteiger partial charge < -0.3 is 10.2 Å². The molecule has 3 heteroatoms. The van der Waals surface area contributed by atoms with Crippen LogP contribution in [0.15, 0.2) is 18.2 Å². The van der Waals surface area contributed by atoms with Crippen molar-refractivity contribution in [1.82, 2.24) is 5.32 Å². The lowest BCUT2D eigenvalue weighted by atomic mass is 9.93. The van der Waals surface area contributed by atoms with E-state index >= 15 is 0 Å². The van der Waals surface area contributed by atoms with Gasteiger partial charge >= 0.3 is 0 Å². The molecule has 0 spiro atoms. The van der Waals surface area contributed by atoms with Gasteiger partial charge in [0.2, 0.25) is 0 Å². The van der Waals surface area contributed by atoms with E-state index in [9.17, 15) is 4.39 Å². The number of benzene rings is 1. The van der Waals surface area contributed by atoms with Crippen molar-refractivity contribution >= 4 is 5.69 Å². The molecule has 1 aliphatic rings. The highest BCUT2D eigenvalue weighted by Crippen LogP contribution is 2.31. The SMILES string of the molecule is CCN(c1c(F)cccc1CNC(C)C)C1CCCCC1. The third kappa shape index (κ3) is 4.19. The standard InChI is InChI=1S/C18H29FN2/c1-4-21(16-10-6-5-7-11-16)18-15(13-20-14(2)3)9-8-12-17(18)19/h8-9,12,14,16,20H,4-7,10-11,13H2,1-3H3. The topological polar surface area (TPSA) is 15.3 Å². The predicted molar refractivity (Wildman–Crippen MR) is 88.3 cm³/mol. The number of hydrogen-bond acceptors (Lipinski definition) is 2. The molecule has 0 unspecified atom stereocenters. The van der Waals surface area contributed by atoms with E-state index in [1.54, 1.807) is 6.07 Å². The van der Waals surface area contributed by atoms with E-state index in [0.717, 1.165) is 24.3 Å². The average Bonchev–Trinajstić information content (AvgIpc) is 2.49. The smallest absolute Gasteiger partial charge is 0.146 e.